The highest BCUT2D eigenvalue weighted by Gasteiger charge is 1.97. The van der Waals surface area contributed by atoms with Crippen LogP contribution >= 0.6 is 24.8 Å². The monoisotopic (exact) mass is 282 g/mol. The number of nitrogens with one attached hydrogen (secondary N) is 1. The van der Waals surface area contributed by atoms with Gasteiger partial charge in [-0.25, -0.2) is 0 Å². The third-order valence-electron chi connectivity index (χ3n) is 2.05. The Hall–Kier alpha value is -0.680. The number of nitrogen functional groups attached to an aromatic ring is 1. The summed E-state index contributed by atoms with van der Waals surface area (Å²) in [7, 11) is 0. The van der Waals surface area contributed by atoms with E-state index in [1.165, 1.54) is 0 Å². The Bertz CT molecular complexity index is 312. The maximum Gasteiger partial charge on any atom is 0.0698 e. The van der Waals surface area contributed by atoms with Crippen molar-refractivity contribution in [3.63, 3.8) is 0 Å². The van der Waals surface area contributed by atoms with Crippen molar-refractivity contribution in [2.75, 3.05) is 37.4 Å². The number of hydrogen-bond acceptors (Lipinski definition) is 4. The first-order valence-electron chi connectivity index (χ1n) is 5.02. The van der Waals surface area contributed by atoms with Crippen LogP contribution in [0.2, 0.25) is 0 Å². The summed E-state index contributed by atoms with van der Waals surface area (Å²) in [4.78, 5) is 0. The fourth-order valence-electron chi connectivity index (χ4n) is 1.31. The molecular formula is C11H20Cl2N2O2. The van der Waals surface area contributed by atoms with Crippen LogP contribution in [0.4, 0.5) is 11.4 Å². The predicted molar refractivity (Wildman–Crippen MR) is 76.5 cm³/mol. The molecule has 0 aliphatic rings. The number of anilines is 2. The van der Waals surface area contributed by atoms with E-state index < -0.39 is 0 Å². The van der Waals surface area contributed by atoms with Gasteiger partial charge < -0.3 is 20.9 Å². The molecule has 0 heterocycles. The van der Waals surface area contributed by atoms with Gasteiger partial charge in [0.2, 0.25) is 0 Å². The highest BCUT2D eigenvalue weighted by Crippen LogP contribution is 2.16. The normalized spacial score (nSPS) is 9.06. The lowest BCUT2D eigenvalue weighted by Gasteiger charge is -2.10. The van der Waals surface area contributed by atoms with Crippen LogP contribution in [0.3, 0.4) is 0 Å². The van der Waals surface area contributed by atoms with Gasteiger partial charge in [0.1, 0.15) is 0 Å². The molecule has 6 heteroatoms. The van der Waals surface area contributed by atoms with E-state index in [0.29, 0.717) is 13.2 Å². The van der Waals surface area contributed by atoms with E-state index in [-0.39, 0.29) is 31.4 Å². The summed E-state index contributed by atoms with van der Waals surface area (Å²) in [6.45, 7) is 3.78. The Labute approximate surface area is 114 Å². The number of ether oxygens (including phenoxy) is 1. The molecule has 0 atom stereocenters. The molecule has 0 aromatic heterocycles. The topological polar surface area (TPSA) is 67.5 Å². The fourth-order valence-corrected chi connectivity index (χ4v) is 1.31. The number of aryl methyl sites for hydroxylation is 1. The average molecular weight is 283 g/mol. The van der Waals surface area contributed by atoms with E-state index in [1.54, 1.807) is 0 Å². The van der Waals surface area contributed by atoms with Crippen LogP contribution in [-0.2, 0) is 4.74 Å². The first-order chi connectivity index (χ1) is 7.24. The molecule has 4 nitrogen and oxygen atoms in total. The maximum atomic E-state index is 8.50. The summed E-state index contributed by atoms with van der Waals surface area (Å²) >= 11 is 0. The van der Waals surface area contributed by atoms with E-state index in [1.807, 2.05) is 25.1 Å². The molecule has 4 N–H and O–H groups in total. The van der Waals surface area contributed by atoms with Gasteiger partial charge in [-0.05, 0) is 30.7 Å². The van der Waals surface area contributed by atoms with E-state index in [0.717, 1.165) is 23.5 Å². The Kier molecular flexibility index (Phi) is 11.5. The minimum atomic E-state index is 0. The molecule has 0 amide bonds. The summed E-state index contributed by atoms with van der Waals surface area (Å²) in [6, 6.07) is 5.75. The number of aliphatic hydroxyl groups is 1. The molecular weight excluding hydrogens is 263 g/mol. The first kappa shape index (κ1) is 18.7. The van der Waals surface area contributed by atoms with Gasteiger partial charge in [0.15, 0.2) is 0 Å². The molecule has 0 spiro atoms. The van der Waals surface area contributed by atoms with Gasteiger partial charge >= 0.3 is 0 Å². The van der Waals surface area contributed by atoms with E-state index in [2.05, 4.69) is 5.32 Å². The van der Waals surface area contributed by atoms with Gasteiger partial charge in [-0.2, -0.15) is 0 Å². The van der Waals surface area contributed by atoms with Crippen LogP contribution in [0.15, 0.2) is 18.2 Å². The van der Waals surface area contributed by atoms with Gasteiger partial charge in [0.25, 0.3) is 0 Å². The molecule has 100 valence electrons. The quantitative estimate of drug-likeness (QED) is 0.550. The predicted octanol–water partition coefficient (Wildman–Crippen LogP) is 1.84. The molecule has 0 unspecified atom stereocenters. The fraction of sp³-hybridized carbons (Fsp3) is 0.455. The van der Waals surface area contributed by atoms with Crippen molar-refractivity contribution in [3.8, 4) is 0 Å². The molecule has 0 bridgehead atoms. The highest BCUT2D eigenvalue weighted by molar-refractivity contribution is 5.85. The Morgan fingerprint density at radius 3 is 2.59 bits per heavy atom. The Balaban J connectivity index is 0. The van der Waals surface area contributed by atoms with Crippen molar-refractivity contribution < 1.29 is 9.84 Å². The number of aliphatic hydroxyl groups excluding tert-OH is 1. The number of halogens is 2. The van der Waals surface area contributed by atoms with Crippen molar-refractivity contribution in [1.82, 2.24) is 0 Å². The van der Waals surface area contributed by atoms with Gasteiger partial charge in [0, 0.05) is 17.9 Å². The minimum absolute atomic E-state index is 0. The van der Waals surface area contributed by atoms with E-state index in [4.69, 9.17) is 15.6 Å². The zero-order valence-electron chi connectivity index (χ0n) is 9.81. The summed E-state index contributed by atoms with van der Waals surface area (Å²) < 4.78 is 5.13. The van der Waals surface area contributed by atoms with Crippen LogP contribution in [0, 0.1) is 6.92 Å². The zero-order chi connectivity index (χ0) is 11.1. The molecule has 0 fully saturated rings. The minimum Gasteiger partial charge on any atom is -0.399 e. The third-order valence-corrected chi connectivity index (χ3v) is 2.05. The SMILES string of the molecule is Cc1cc(N)ccc1NCCOCCO.Cl.Cl. The number of benzene rings is 1. The smallest absolute Gasteiger partial charge is 0.0698 e. The first-order valence-corrected chi connectivity index (χ1v) is 5.02. The van der Waals surface area contributed by atoms with Crippen molar-refractivity contribution in [3.05, 3.63) is 23.8 Å². The van der Waals surface area contributed by atoms with Crippen molar-refractivity contribution in [1.29, 1.82) is 0 Å². The van der Waals surface area contributed by atoms with E-state index in [9.17, 15) is 0 Å². The van der Waals surface area contributed by atoms with Crippen molar-refractivity contribution in [2.45, 2.75) is 6.92 Å². The molecule has 1 aromatic rings. The average Bonchev–Trinajstić information content (AvgIpc) is 2.20. The van der Waals surface area contributed by atoms with Crippen molar-refractivity contribution in [2.24, 2.45) is 0 Å². The second-order valence-electron chi connectivity index (χ2n) is 3.34. The Morgan fingerprint density at radius 2 is 2.00 bits per heavy atom. The number of hydrogen-bond donors (Lipinski definition) is 3. The lowest BCUT2D eigenvalue weighted by atomic mass is 10.2. The molecule has 0 aliphatic heterocycles. The molecule has 0 radical (unpaired) electrons. The third kappa shape index (κ3) is 7.28. The zero-order valence-corrected chi connectivity index (χ0v) is 11.4. The summed E-state index contributed by atoms with van der Waals surface area (Å²) in [6.07, 6.45) is 0. The van der Waals surface area contributed by atoms with Crippen LogP contribution in [0.1, 0.15) is 5.56 Å². The molecule has 1 aromatic carbocycles. The molecule has 0 saturated heterocycles. The summed E-state index contributed by atoms with van der Waals surface area (Å²) in [5.74, 6) is 0. The van der Waals surface area contributed by atoms with E-state index >= 15 is 0 Å². The number of rotatable bonds is 6. The Morgan fingerprint density at radius 1 is 1.29 bits per heavy atom. The van der Waals surface area contributed by atoms with Crippen LogP contribution < -0.4 is 11.1 Å². The molecule has 0 aliphatic carbocycles. The molecule has 0 saturated carbocycles. The maximum absolute atomic E-state index is 8.50. The standard InChI is InChI=1S/C11H18N2O2.2ClH/c1-9-8-10(12)2-3-11(9)13-4-6-15-7-5-14;;/h2-3,8,13-14H,4-7,12H2,1H3;2*1H. The summed E-state index contributed by atoms with van der Waals surface area (Å²) in [5.41, 5.74) is 8.60. The second-order valence-corrected chi connectivity index (χ2v) is 3.34. The van der Waals surface area contributed by atoms with Crippen molar-refractivity contribution >= 4 is 36.2 Å². The largest absolute Gasteiger partial charge is 0.399 e. The number of nitrogens with two attached hydrogens (primary N) is 1. The van der Waals surface area contributed by atoms with Gasteiger partial charge in [-0.1, -0.05) is 0 Å². The molecule has 17 heavy (non-hydrogen) atoms. The van der Waals surface area contributed by atoms with Gasteiger partial charge in [-0.3, -0.25) is 0 Å². The highest BCUT2D eigenvalue weighted by atomic mass is 35.5. The lowest BCUT2D eigenvalue weighted by molar-refractivity contribution is 0.0992. The van der Waals surface area contributed by atoms with Crippen LogP contribution in [0.5, 0.6) is 0 Å². The van der Waals surface area contributed by atoms with Crippen LogP contribution in [0.25, 0.3) is 0 Å². The molecule has 1 rings (SSSR count). The van der Waals surface area contributed by atoms with Crippen LogP contribution in [-0.4, -0.2) is 31.5 Å². The summed E-state index contributed by atoms with van der Waals surface area (Å²) in [5, 5.41) is 11.7. The van der Waals surface area contributed by atoms with Gasteiger partial charge in [0.05, 0.1) is 19.8 Å². The lowest BCUT2D eigenvalue weighted by Crippen LogP contribution is -2.11. The van der Waals surface area contributed by atoms with Gasteiger partial charge in [-0.15, -0.1) is 24.8 Å². The second kappa shape index (κ2) is 10.5.